The van der Waals surface area contributed by atoms with E-state index in [-0.39, 0.29) is 52.1 Å². The van der Waals surface area contributed by atoms with Crippen LogP contribution in [0.5, 0.6) is 0 Å². The molecule has 8 bridgehead atoms. The van der Waals surface area contributed by atoms with Crippen LogP contribution in [0.2, 0.25) is 0 Å². The Labute approximate surface area is 470 Å². The number of benzene rings is 4. The lowest BCUT2D eigenvalue weighted by Crippen LogP contribution is -2.11. The van der Waals surface area contributed by atoms with Crippen LogP contribution in [0.25, 0.3) is 44.5 Å². The zero-order chi connectivity index (χ0) is 57.8. The molecule has 9 rings (SSSR count). The predicted octanol–water partition coefficient (Wildman–Crippen LogP) is 14.8. The number of hydrogen-bond donors (Lipinski definition) is 4. The number of esters is 4. The smallest absolute Gasteiger partial charge is 0.340 e. The fourth-order valence-electron chi connectivity index (χ4n) is 13.3. The van der Waals surface area contributed by atoms with Crippen LogP contribution in [0, 0.1) is 83.1 Å². The Bertz CT molecular complexity index is 3240. The van der Waals surface area contributed by atoms with Crippen molar-refractivity contribution in [3.05, 3.63) is 183 Å². The van der Waals surface area contributed by atoms with Crippen molar-refractivity contribution in [2.24, 2.45) is 0 Å². The van der Waals surface area contributed by atoms with Crippen molar-refractivity contribution < 1.29 is 38.1 Å². The van der Waals surface area contributed by atoms with Crippen molar-refractivity contribution >= 4 is 23.9 Å². The van der Waals surface area contributed by atoms with Gasteiger partial charge in [0.2, 0.25) is 0 Å². The predicted molar refractivity (Wildman–Crippen MR) is 317 cm³/mol. The number of H-pyrrole nitrogens is 4. The van der Waals surface area contributed by atoms with Crippen LogP contribution in [0.15, 0.2) is 48.5 Å². The first-order valence-corrected chi connectivity index (χ1v) is 28.1. The first-order chi connectivity index (χ1) is 38.1. The second kappa shape index (κ2) is 22.6. The maximum atomic E-state index is 15.1. The average molecular weight is 1080 g/mol. The van der Waals surface area contributed by atoms with Crippen LogP contribution in [-0.2, 0) is 44.6 Å². The van der Waals surface area contributed by atoms with Gasteiger partial charge in [-0.05, 0) is 178 Å². The summed E-state index contributed by atoms with van der Waals surface area (Å²) in [7, 11) is 0. The number of aromatic nitrogens is 4. The van der Waals surface area contributed by atoms with E-state index in [1.165, 1.54) is 0 Å². The van der Waals surface area contributed by atoms with Gasteiger partial charge in [-0.25, -0.2) is 19.2 Å². The van der Waals surface area contributed by atoms with E-state index in [9.17, 15) is 0 Å². The number of aryl methyl sites for hydroxylation is 12. The molecule has 4 aromatic carbocycles. The van der Waals surface area contributed by atoms with Crippen molar-refractivity contribution in [3.8, 4) is 44.5 Å². The summed E-state index contributed by atoms with van der Waals surface area (Å²) >= 11 is 0. The second-order valence-corrected chi connectivity index (χ2v) is 22.0. The highest BCUT2D eigenvalue weighted by atomic mass is 16.5. The van der Waals surface area contributed by atoms with Gasteiger partial charge in [0.25, 0.3) is 0 Å². The van der Waals surface area contributed by atoms with Gasteiger partial charge in [-0.1, -0.05) is 70.8 Å². The molecule has 0 saturated heterocycles. The van der Waals surface area contributed by atoms with Gasteiger partial charge in [-0.3, -0.25) is 0 Å². The zero-order valence-corrected chi connectivity index (χ0v) is 49.5. The second-order valence-electron chi connectivity index (χ2n) is 22.0. The number of carbonyl (C=O) groups is 4. The van der Waals surface area contributed by atoms with E-state index in [0.29, 0.717) is 90.1 Å². The van der Waals surface area contributed by atoms with Crippen LogP contribution in [-0.4, -0.2) is 70.2 Å². The topological polar surface area (TPSA) is 168 Å². The van der Waals surface area contributed by atoms with Crippen molar-refractivity contribution in [1.29, 1.82) is 0 Å². The van der Waals surface area contributed by atoms with Gasteiger partial charge in [-0.15, -0.1) is 0 Å². The van der Waals surface area contributed by atoms with Crippen molar-refractivity contribution in [2.75, 3.05) is 26.4 Å². The van der Waals surface area contributed by atoms with E-state index in [2.05, 4.69) is 152 Å². The summed E-state index contributed by atoms with van der Waals surface area (Å²) in [4.78, 5) is 75.8. The molecule has 1 aliphatic heterocycles. The normalized spacial score (nSPS) is 12.2. The number of aromatic amines is 4. The minimum Gasteiger partial charge on any atom is -0.462 e. The summed E-state index contributed by atoms with van der Waals surface area (Å²) in [6, 6.07) is 16.9. The molecule has 0 spiro atoms. The van der Waals surface area contributed by atoms with Gasteiger partial charge in [0.15, 0.2) is 0 Å². The Morgan fingerprint density at radius 2 is 0.450 bits per heavy atom. The minimum absolute atomic E-state index is 0.112. The monoisotopic (exact) mass is 1080 g/mol. The Morgan fingerprint density at radius 3 is 0.600 bits per heavy atom. The lowest BCUT2D eigenvalue weighted by molar-refractivity contribution is 0.0516. The lowest BCUT2D eigenvalue weighted by Gasteiger charge is -2.17. The Hall–Kier alpha value is -8.12. The molecule has 0 atom stereocenters. The summed E-state index contributed by atoms with van der Waals surface area (Å²) in [5.74, 6) is -2.05. The van der Waals surface area contributed by atoms with Crippen LogP contribution in [0.1, 0.15) is 181 Å². The number of nitrogens with one attached hydrogen (secondary N) is 4. The SMILES string of the molecule is CCOC(=O)c1c2[nH]c(c1-c1c(C)cc(C)cc1C)Cc1[nH]c(c(-c3c(C)cc(C)cc3C)c1C(=O)OCC)Cc1[nH]c(c(-c3c(C)cc(C)cc3C)c1C(=O)OCC)Cc1[nH]c(c(-c3c(C)cc(C)cc3C)c1C(=O)OCC)C2. The van der Waals surface area contributed by atoms with Crippen LogP contribution >= 0.6 is 0 Å². The number of fused-ring (bicyclic) bond motifs is 8. The highest BCUT2D eigenvalue weighted by Crippen LogP contribution is 2.46. The van der Waals surface area contributed by atoms with Crippen LogP contribution in [0.4, 0.5) is 0 Å². The Kier molecular flexibility index (Phi) is 16.0. The summed E-state index contributed by atoms with van der Waals surface area (Å²) in [5.41, 5.74) is 24.3. The van der Waals surface area contributed by atoms with Gasteiger partial charge in [0, 0.05) is 93.5 Å². The first-order valence-electron chi connectivity index (χ1n) is 28.1. The third-order valence-electron chi connectivity index (χ3n) is 15.7. The molecular weight excluding hydrogens is 1000 g/mol. The van der Waals surface area contributed by atoms with Gasteiger partial charge >= 0.3 is 23.9 Å². The fraction of sp³-hybridized carbons (Fsp3) is 0.353. The Morgan fingerprint density at radius 1 is 0.287 bits per heavy atom. The lowest BCUT2D eigenvalue weighted by atomic mass is 9.87. The van der Waals surface area contributed by atoms with Crippen LogP contribution < -0.4 is 0 Å². The molecule has 80 heavy (non-hydrogen) atoms. The van der Waals surface area contributed by atoms with E-state index in [4.69, 9.17) is 18.9 Å². The maximum absolute atomic E-state index is 15.1. The third-order valence-corrected chi connectivity index (χ3v) is 15.7. The summed E-state index contributed by atoms with van der Waals surface area (Å²) < 4.78 is 24.2. The molecule has 0 aliphatic carbocycles. The highest BCUT2D eigenvalue weighted by molar-refractivity contribution is 6.05. The maximum Gasteiger partial charge on any atom is 0.340 e. The summed E-state index contributed by atoms with van der Waals surface area (Å²) in [6.07, 6.45) is 0.446. The van der Waals surface area contributed by atoms with Gasteiger partial charge in [0.05, 0.1) is 48.7 Å². The van der Waals surface area contributed by atoms with E-state index >= 15 is 19.2 Å². The molecule has 12 heteroatoms. The number of ether oxygens (including phenoxy) is 4. The summed E-state index contributed by atoms with van der Waals surface area (Å²) in [5, 5.41) is 0. The molecule has 8 aromatic rings. The van der Waals surface area contributed by atoms with E-state index in [1.54, 1.807) is 27.7 Å². The zero-order valence-electron chi connectivity index (χ0n) is 49.5. The number of hydrogen-bond acceptors (Lipinski definition) is 8. The number of carbonyl (C=O) groups excluding carboxylic acids is 4. The van der Waals surface area contributed by atoms with E-state index < -0.39 is 23.9 Å². The van der Waals surface area contributed by atoms with Gasteiger partial charge in [0.1, 0.15) is 0 Å². The molecule has 5 heterocycles. The molecular formula is C68H76N4O8. The van der Waals surface area contributed by atoms with E-state index in [0.717, 1.165) is 89.0 Å². The van der Waals surface area contributed by atoms with Crippen molar-refractivity contribution in [3.63, 3.8) is 0 Å². The fourth-order valence-corrected chi connectivity index (χ4v) is 13.3. The first kappa shape index (κ1) is 56.6. The van der Waals surface area contributed by atoms with Gasteiger partial charge < -0.3 is 38.9 Å². The largest absolute Gasteiger partial charge is 0.462 e. The van der Waals surface area contributed by atoms with Gasteiger partial charge in [-0.2, -0.15) is 0 Å². The van der Waals surface area contributed by atoms with Crippen molar-refractivity contribution in [1.82, 2.24) is 19.9 Å². The minimum atomic E-state index is -0.512. The third kappa shape index (κ3) is 10.2. The molecule has 1 aliphatic rings. The molecule has 12 nitrogen and oxygen atoms in total. The molecule has 4 N–H and O–H groups in total. The van der Waals surface area contributed by atoms with Crippen molar-refractivity contribution in [2.45, 2.75) is 136 Å². The molecule has 0 fully saturated rings. The standard InChI is InChI=1S/C68H76N4O8/c1-17-77-65(73)61-49-29-46-58(54-39(11)23-34(6)24-40(54)12)63(67(75)79-19-3)51(70-46)31-48-60(56-43(15)27-36(8)28-44(56)16)64(68(76)80-20-4)52(72-48)32-47-59(55-41(13)25-35(7)26-42(55)14)62(66(74)78-18-2)50(71-47)30-45(69-49)57(61)53-37(9)21-33(5)22-38(53)10/h21-28,69-72H,17-20,29-32H2,1-16H3. The number of rotatable bonds is 12. The van der Waals surface area contributed by atoms with Crippen LogP contribution in [0.3, 0.4) is 0 Å². The molecule has 416 valence electrons. The van der Waals surface area contributed by atoms with E-state index in [1.807, 2.05) is 0 Å². The molecule has 0 amide bonds. The quantitative estimate of drug-likeness (QED) is 0.0692. The highest BCUT2D eigenvalue weighted by Gasteiger charge is 2.37. The molecule has 0 radical (unpaired) electrons. The average Bonchev–Trinajstić information content (AvgIpc) is 4.09. The molecule has 0 saturated carbocycles. The summed E-state index contributed by atoms with van der Waals surface area (Å²) in [6.45, 7) is 32.3. The molecule has 4 aromatic heterocycles. The Balaban J connectivity index is 1.52. The molecule has 0 unspecified atom stereocenters.